The minimum absolute atomic E-state index is 0.236. The zero-order chi connectivity index (χ0) is 9.19. The van der Waals surface area contributed by atoms with Crippen LogP contribution in [0.15, 0.2) is 0 Å². The Morgan fingerprint density at radius 3 is 2.42 bits per heavy atom. The molecule has 0 saturated heterocycles. The molecule has 0 bridgehead atoms. The lowest BCUT2D eigenvalue weighted by molar-refractivity contribution is -0.134. The molecule has 0 N–H and O–H groups in total. The van der Waals surface area contributed by atoms with Crippen molar-refractivity contribution < 1.29 is 9.53 Å². The average molecular weight is 170 g/mol. The van der Waals surface area contributed by atoms with Crippen LogP contribution in [0.4, 0.5) is 0 Å². The number of hydrogen-bond donors (Lipinski definition) is 0. The normalized spacial score (nSPS) is 19.4. The first-order valence-corrected chi connectivity index (χ1v) is 4.61. The fourth-order valence-electron chi connectivity index (χ4n) is 1.10. The number of ketones is 1. The van der Waals surface area contributed by atoms with E-state index in [-0.39, 0.29) is 6.10 Å². The zero-order valence-corrected chi connectivity index (χ0v) is 8.22. The van der Waals surface area contributed by atoms with E-state index in [9.17, 15) is 4.79 Å². The second-order valence-corrected chi connectivity index (χ2v) is 4.75. The molecule has 0 aromatic heterocycles. The van der Waals surface area contributed by atoms with Crippen molar-refractivity contribution in [3.8, 4) is 0 Å². The summed E-state index contributed by atoms with van der Waals surface area (Å²) in [4.78, 5) is 10.6. The number of carbonyl (C=O) groups is 1. The SMILES string of the molecule is CC(C)(C)CCOC1CC(=O)C1. The number of Topliss-reactive ketones (excluding diaryl/α,β-unsaturated/α-hetero) is 1. The molecule has 1 rings (SSSR count). The molecule has 0 heterocycles. The van der Waals surface area contributed by atoms with Crippen LogP contribution in [0.5, 0.6) is 0 Å². The largest absolute Gasteiger partial charge is 0.377 e. The molecule has 70 valence electrons. The van der Waals surface area contributed by atoms with Gasteiger partial charge in [-0.3, -0.25) is 4.79 Å². The van der Waals surface area contributed by atoms with Crippen LogP contribution in [0.1, 0.15) is 40.0 Å². The highest BCUT2D eigenvalue weighted by Gasteiger charge is 2.27. The van der Waals surface area contributed by atoms with Crippen LogP contribution < -0.4 is 0 Å². The van der Waals surface area contributed by atoms with Gasteiger partial charge in [0.15, 0.2) is 0 Å². The van der Waals surface area contributed by atoms with Crippen LogP contribution in [-0.2, 0) is 9.53 Å². The quantitative estimate of drug-likeness (QED) is 0.649. The van der Waals surface area contributed by atoms with Gasteiger partial charge in [0.25, 0.3) is 0 Å². The van der Waals surface area contributed by atoms with E-state index in [0.717, 1.165) is 13.0 Å². The van der Waals surface area contributed by atoms with Gasteiger partial charge in [0, 0.05) is 19.4 Å². The molecule has 1 saturated carbocycles. The molecule has 0 atom stereocenters. The topological polar surface area (TPSA) is 26.3 Å². The second kappa shape index (κ2) is 3.56. The van der Waals surface area contributed by atoms with E-state index in [1.54, 1.807) is 0 Å². The van der Waals surface area contributed by atoms with Crippen molar-refractivity contribution in [3.63, 3.8) is 0 Å². The van der Waals surface area contributed by atoms with Crippen molar-refractivity contribution in [2.24, 2.45) is 5.41 Å². The van der Waals surface area contributed by atoms with Crippen molar-refractivity contribution in [2.75, 3.05) is 6.61 Å². The molecule has 0 aromatic rings. The summed E-state index contributed by atoms with van der Waals surface area (Å²) in [5.41, 5.74) is 0.341. The first-order chi connectivity index (χ1) is 5.47. The molecule has 0 spiro atoms. The summed E-state index contributed by atoms with van der Waals surface area (Å²) in [7, 11) is 0. The summed E-state index contributed by atoms with van der Waals surface area (Å²) >= 11 is 0. The minimum atomic E-state index is 0.236. The van der Waals surface area contributed by atoms with Gasteiger partial charge in [-0.1, -0.05) is 20.8 Å². The third kappa shape index (κ3) is 3.35. The monoisotopic (exact) mass is 170 g/mol. The van der Waals surface area contributed by atoms with E-state index in [1.807, 2.05) is 0 Å². The zero-order valence-electron chi connectivity index (χ0n) is 8.22. The standard InChI is InChI=1S/C10H18O2/c1-10(2,3)4-5-12-9-6-8(11)7-9/h9H,4-7H2,1-3H3. The van der Waals surface area contributed by atoms with Gasteiger partial charge in [0.2, 0.25) is 0 Å². The van der Waals surface area contributed by atoms with E-state index in [0.29, 0.717) is 24.0 Å². The maximum Gasteiger partial charge on any atom is 0.138 e. The molecule has 12 heavy (non-hydrogen) atoms. The molecule has 2 nitrogen and oxygen atoms in total. The van der Waals surface area contributed by atoms with E-state index in [1.165, 1.54) is 0 Å². The van der Waals surface area contributed by atoms with Crippen molar-refractivity contribution in [3.05, 3.63) is 0 Å². The number of rotatable bonds is 3. The molecule has 0 radical (unpaired) electrons. The summed E-state index contributed by atoms with van der Waals surface area (Å²) in [6.07, 6.45) is 2.59. The van der Waals surface area contributed by atoms with Crippen LogP contribution in [0, 0.1) is 5.41 Å². The third-order valence-corrected chi connectivity index (χ3v) is 2.12. The highest BCUT2D eigenvalue weighted by molar-refractivity contribution is 5.85. The Kier molecular flexibility index (Phi) is 2.89. The van der Waals surface area contributed by atoms with Gasteiger partial charge >= 0.3 is 0 Å². The van der Waals surface area contributed by atoms with Crippen LogP contribution in [0.2, 0.25) is 0 Å². The van der Waals surface area contributed by atoms with Crippen molar-refractivity contribution in [1.29, 1.82) is 0 Å². The summed E-state index contributed by atoms with van der Waals surface area (Å²) in [5, 5.41) is 0. The maximum atomic E-state index is 10.6. The Hall–Kier alpha value is -0.370. The molecule has 0 aliphatic heterocycles. The van der Waals surface area contributed by atoms with Gasteiger partial charge in [-0.2, -0.15) is 0 Å². The van der Waals surface area contributed by atoms with Crippen molar-refractivity contribution >= 4 is 5.78 Å². The maximum absolute atomic E-state index is 10.6. The highest BCUT2D eigenvalue weighted by Crippen LogP contribution is 2.22. The van der Waals surface area contributed by atoms with Crippen LogP contribution in [0.3, 0.4) is 0 Å². The van der Waals surface area contributed by atoms with Gasteiger partial charge in [0.1, 0.15) is 5.78 Å². The Morgan fingerprint density at radius 2 is 2.00 bits per heavy atom. The van der Waals surface area contributed by atoms with Crippen molar-refractivity contribution in [1.82, 2.24) is 0 Å². The first kappa shape index (κ1) is 9.72. The molecule has 1 aliphatic carbocycles. The summed E-state index contributed by atoms with van der Waals surface area (Å²) in [6.45, 7) is 7.38. The van der Waals surface area contributed by atoms with Crippen LogP contribution in [0.25, 0.3) is 0 Å². The molecular formula is C10H18O2. The Morgan fingerprint density at radius 1 is 1.42 bits per heavy atom. The molecular weight excluding hydrogens is 152 g/mol. The number of ether oxygens (including phenoxy) is 1. The molecule has 0 amide bonds. The summed E-state index contributed by atoms with van der Waals surface area (Å²) in [6, 6.07) is 0. The molecule has 0 unspecified atom stereocenters. The fraction of sp³-hybridized carbons (Fsp3) is 0.900. The molecule has 1 fully saturated rings. The molecule has 2 heteroatoms. The van der Waals surface area contributed by atoms with E-state index < -0.39 is 0 Å². The summed E-state index contributed by atoms with van der Waals surface area (Å²) < 4.78 is 5.50. The predicted molar refractivity (Wildman–Crippen MR) is 48.1 cm³/mol. The molecule has 1 aliphatic rings. The minimum Gasteiger partial charge on any atom is -0.377 e. The number of hydrogen-bond acceptors (Lipinski definition) is 2. The third-order valence-electron chi connectivity index (χ3n) is 2.12. The lowest BCUT2D eigenvalue weighted by atomic mass is 9.92. The fourth-order valence-corrected chi connectivity index (χ4v) is 1.10. The van der Waals surface area contributed by atoms with Crippen LogP contribution >= 0.6 is 0 Å². The van der Waals surface area contributed by atoms with E-state index >= 15 is 0 Å². The predicted octanol–water partition coefficient (Wildman–Crippen LogP) is 2.17. The van der Waals surface area contributed by atoms with Gasteiger partial charge in [-0.05, 0) is 11.8 Å². The average Bonchev–Trinajstić information content (AvgIpc) is 1.81. The van der Waals surface area contributed by atoms with Gasteiger partial charge in [-0.15, -0.1) is 0 Å². The Bertz CT molecular complexity index is 159. The van der Waals surface area contributed by atoms with Crippen LogP contribution in [-0.4, -0.2) is 18.5 Å². The van der Waals surface area contributed by atoms with E-state index in [4.69, 9.17) is 4.74 Å². The second-order valence-electron chi connectivity index (χ2n) is 4.75. The Labute approximate surface area is 74.3 Å². The van der Waals surface area contributed by atoms with E-state index in [2.05, 4.69) is 20.8 Å². The molecule has 0 aromatic carbocycles. The Balaban J connectivity index is 2.00. The lowest BCUT2D eigenvalue weighted by Crippen LogP contribution is -2.32. The summed E-state index contributed by atoms with van der Waals surface area (Å²) in [5.74, 6) is 0.343. The van der Waals surface area contributed by atoms with Crippen molar-refractivity contribution in [2.45, 2.75) is 46.1 Å². The first-order valence-electron chi connectivity index (χ1n) is 4.61. The smallest absolute Gasteiger partial charge is 0.138 e. The van der Waals surface area contributed by atoms with Gasteiger partial charge in [0.05, 0.1) is 6.10 Å². The van der Waals surface area contributed by atoms with Gasteiger partial charge < -0.3 is 4.74 Å². The number of carbonyl (C=O) groups excluding carboxylic acids is 1. The highest BCUT2D eigenvalue weighted by atomic mass is 16.5. The lowest BCUT2D eigenvalue weighted by Gasteiger charge is -2.26. The van der Waals surface area contributed by atoms with Gasteiger partial charge in [-0.25, -0.2) is 0 Å².